The molecular formula is C16H19N3O3S. The molecule has 0 spiro atoms. The standard InChI is InChI=1S/C16H19N3O3S/c1-10(20)11-6-14(18(2)7-11)15(21)22-8-12-9-23-16(17-12)19(3)13-4-5-13/h6-7,9,13H,4-5,8H2,1-3H3. The van der Waals surface area contributed by atoms with Gasteiger partial charge in [0.25, 0.3) is 0 Å². The molecule has 1 aliphatic rings. The van der Waals surface area contributed by atoms with Crippen molar-refractivity contribution in [3.05, 3.63) is 34.6 Å². The van der Waals surface area contributed by atoms with Gasteiger partial charge in [-0.2, -0.15) is 0 Å². The van der Waals surface area contributed by atoms with Crippen LogP contribution in [-0.4, -0.2) is 34.4 Å². The molecule has 0 atom stereocenters. The predicted molar refractivity (Wildman–Crippen MR) is 88.1 cm³/mol. The summed E-state index contributed by atoms with van der Waals surface area (Å²) in [7, 11) is 3.76. The molecule has 0 unspecified atom stereocenters. The van der Waals surface area contributed by atoms with Crippen LogP contribution in [0.15, 0.2) is 17.6 Å². The molecule has 122 valence electrons. The zero-order valence-corrected chi connectivity index (χ0v) is 14.2. The summed E-state index contributed by atoms with van der Waals surface area (Å²) in [6, 6.07) is 2.16. The van der Waals surface area contributed by atoms with Gasteiger partial charge in [-0.3, -0.25) is 4.79 Å². The molecular weight excluding hydrogens is 314 g/mol. The van der Waals surface area contributed by atoms with Gasteiger partial charge in [-0.15, -0.1) is 11.3 Å². The SMILES string of the molecule is CC(=O)c1cc(C(=O)OCc2csc(N(C)C3CC3)n2)n(C)c1. The minimum absolute atomic E-state index is 0.0769. The molecule has 2 aromatic heterocycles. The Morgan fingerprint density at radius 3 is 2.83 bits per heavy atom. The van der Waals surface area contributed by atoms with E-state index in [1.165, 1.54) is 19.8 Å². The van der Waals surface area contributed by atoms with Crippen molar-refractivity contribution < 1.29 is 14.3 Å². The summed E-state index contributed by atoms with van der Waals surface area (Å²) in [5.74, 6) is -0.531. The van der Waals surface area contributed by atoms with Crippen LogP contribution in [0.3, 0.4) is 0 Å². The summed E-state index contributed by atoms with van der Waals surface area (Å²) in [6.45, 7) is 1.60. The van der Waals surface area contributed by atoms with Crippen molar-refractivity contribution in [1.29, 1.82) is 0 Å². The highest BCUT2D eigenvalue weighted by molar-refractivity contribution is 7.13. The maximum atomic E-state index is 12.1. The van der Waals surface area contributed by atoms with E-state index in [1.807, 2.05) is 12.4 Å². The van der Waals surface area contributed by atoms with Crippen LogP contribution in [-0.2, 0) is 18.4 Å². The number of esters is 1. The number of ketones is 1. The lowest BCUT2D eigenvalue weighted by molar-refractivity contribution is 0.0457. The third-order valence-electron chi connectivity index (χ3n) is 3.91. The molecule has 0 aromatic carbocycles. The molecule has 2 heterocycles. The van der Waals surface area contributed by atoms with E-state index in [2.05, 4.69) is 9.88 Å². The molecule has 0 N–H and O–H groups in total. The maximum Gasteiger partial charge on any atom is 0.355 e. The van der Waals surface area contributed by atoms with E-state index >= 15 is 0 Å². The number of thiazole rings is 1. The molecule has 23 heavy (non-hydrogen) atoms. The first-order chi connectivity index (χ1) is 11.0. The predicted octanol–water partition coefficient (Wildman–Crippen LogP) is 2.64. The lowest BCUT2D eigenvalue weighted by Gasteiger charge is -2.13. The smallest absolute Gasteiger partial charge is 0.355 e. The van der Waals surface area contributed by atoms with E-state index in [0.717, 1.165) is 10.8 Å². The first-order valence-corrected chi connectivity index (χ1v) is 8.35. The number of aromatic nitrogens is 2. The molecule has 1 fully saturated rings. The van der Waals surface area contributed by atoms with Crippen LogP contribution in [0, 0.1) is 0 Å². The van der Waals surface area contributed by atoms with Gasteiger partial charge < -0.3 is 14.2 Å². The fourth-order valence-electron chi connectivity index (χ4n) is 2.32. The van der Waals surface area contributed by atoms with E-state index < -0.39 is 5.97 Å². The lowest BCUT2D eigenvalue weighted by atomic mass is 10.2. The summed E-state index contributed by atoms with van der Waals surface area (Å²) < 4.78 is 6.92. The van der Waals surface area contributed by atoms with E-state index in [-0.39, 0.29) is 12.4 Å². The second-order valence-corrected chi connectivity index (χ2v) is 6.66. The van der Waals surface area contributed by atoms with Gasteiger partial charge in [0.05, 0.1) is 5.69 Å². The largest absolute Gasteiger partial charge is 0.454 e. The molecule has 7 heteroatoms. The summed E-state index contributed by atoms with van der Waals surface area (Å²) in [4.78, 5) is 30.2. The van der Waals surface area contributed by atoms with E-state index in [0.29, 0.717) is 17.3 Å². The number of anilines is 1. The number of rotatable bonds is 6. The highest BCUT2D eigenvalue weighted by Gasteiger charge is 2.28. The first kappa shape index (κ1) is 15.7. The molecule has 3 rings (SSSR count). The Morgan fingerprint density at radius 1 is 1.48 bits per heavy atom. The summed E-state index contributed by atoms with van der Waals surface area (Å²) >= 11 is 1.56. The molecule has 0 bridgehead atoms. The Morgan fingerprint density at radius 2 is 2.22 bits per heavy atom. The Bertz CT molecular complexity index is 746. The molecule has 0 amide bonds. The molecule has 1 saturated carbocycles. The van der Waals surface area contributed by atoms with Gasteiger partial charge in [0, 0.05) is 37.3 Å². The lowest BCUT2D eigenvalue weighted by Crippen LogP contribution is -2.19. The van der Waals surface area contributed by atoms with Crippen LogP contribution < -0.4 is 4.90 Å². The van der Waals surface area contributed by atoms with Crippen LogP contribution in [0.2, 0.25) is 0 Å². The van der Waals surface area contributed by atoms with Crippen LogP contribution in [0.5, 0.6) is 0 Å². The maximum absolute atomic E-state index is 12.1. The fraction of sp³-hybridized carbons (Fsp3) is 0.438. The van der Waals surface area contributed by atoms with E-state index in [4.69, 9.17) is 4.74 Å². The van der Waals surface area contributed by atoms with Crippen LogP contribution >= 0.6 is 11.3 Å². The van der Waals surface area contributed by atoms with Crippen LogP contribution in [0.25, 0.3) is 0 Å². The second-order valence-electron chi connectivity index (χ2n) is 5.82. The zero-order chi connectivity index (χ0) is 16.6. The van der Waals surface area contributed by atoms with Gasteiger partial charge in [0.1, 0.15) is 12.3 Å². The monoisotopic (exact) mass is 333 g/mol. The average Bonchev–Trinajstić information content (AvgIpc) is 3.12. The van der Waals surface area contributed by atoms with Gasteiger partial charge in [-0.05, 0) is 25.8 Å². The Balaban J connectivity index is 1.61. The van der Waals surface area contributed by atoms with E-state index in [1.54, 1.807) is 35.2 Å². The highest BCUT2D eigenvalue weighted by Crippen LogP contribution is 2.32. The van der Waals surface area contributed by atoms with Crippen molar-refractivity contribution in [3.63, 3.8) is 0 Å². The van der Waals surface area contributed by atoms with Crippen molar-refractivity contribution >= 4 is 28.2 Å². The van der Waals surface area contributed by atoms with Crippen molar-refractivity contribution in [2.24, 2.45) is 7.05 Å². The molecule has 0 radical (unpaired) electrons. The molecule has 6 nitrogen and oxygen atoms in total. The van der Waals surface area contributed by atoms with Crippen molar-refractivity contribution in [2.45, 2.75) is 32.4 Å². The molecule has 1 aliphatic carbocycles. The van der Waals surface area contributed by atoms with E-state index in [9.17, 15) is 9.59 Å². The second kappa shape index (κ2) is 6.16. The fourth-order valence-corrected chi connectivity index (χ4v) is 3.16. The molecule has 0 aliphatic heterocycles. The van der Waals surface area contributed by atoms with Gasteiger partial charge >= 0.3 is 5.97 Å². The Hall–Kier alpha value is -2.15. The van der Waals surface area contributed by atoms with Gasteiger partial charge in [0.2, 0.25) is 0 Å². The average molecular weight is 333 g/mol. The van der Waals surface area contributed by atoms with Crippen LogP contribution in [0.1, 0.15) is 46.3 Å². The molecule has 0 saturated heterocycles. The van der Waals surface area contributed by atoms with Gasteiger partial charge in [0.15, 0.2) is 10.9 Å². The van der Waals surface area contributed by atoms with Crippen molar-refractivity contribution in [3.8, 4) is 0 Å². The minimum atomic E-state index is -0.454. The van der Waals surface area contributed by atoms with Crippen molar-refractivity contribution in [2.75, 3.05) is 11.9 Å². The third kappa shape index (κ3) is 3.44. The van der Waals surface area contributed by atoms with Gasteiger partial charge in [-0.1, -0.05) is 0 Å². The van der Waals surface area contributed by atoms with Crippen molar-refractivity contribution in [1.82, 2.24) is 9.55 Å². The number of ether oxygens (including phenoxy) is 1. The van der Waals surface area contributed by atoms with Crippen LogP contribution in [0.4, 0.5) is 5.13 Å². The quantitative estimate of drug-likeness (QED) is 0.601. The number of carbonyl (C=O) groups is 2. The third-order valence-corrected chi connectivity index (χ3v) is 4.89. The molecule has 2 aromatic rings. The summed E-state index contributed by atoms with van der Waals surface area (Å²) in [5, 5.41) is 2.87. The van der Waals surface area contributed by atoms with Gasteiger partial charge in [-0.25, -0.2) is 9.78 Å². The number of carbonyl (C=O) groups excluding carboxylic acids is 2. The Labute approximate surface area is 138 Å². The number of aryl methyl sites for hydroxylation is 1. The number of Topliss-reactive ketones (excluding diaryl/α,β-unsaturated/α-hetero) is 1. The number of hydrogen-bond acceptors (Lipinski definition) is 6. The topological polar surface area (TPSA) is 64.4 Å². The normalized spacial score (nSPS) is 13.9. The number of hydrogen-bond donors (Lipinski definition) is 0. The minimum Gasteiger partial charge on any atom is -0.454 e. The summed E-state index contributed by atoms with van der Waals surface area (Å²) in [5.41, 5.74) is 1.61. The summed E-state index contributed by atoms with van der Waals surface area (Å²) in [6.07, 6.45) is 4.06. The highest BCUT2D eigenvalue weighted by atomic mass is 32.1. The first-order valence-electron chi connectivity index (χ1n) is 7.47. The Kier molecular flexibility index (Phi) is 4.21. The zero-order valence-electron chi connectivity index (χ0n) is 13.4. The number of nitrogens with zero attached hydrogens (tertiary/aromatic N) is 3.